The fourth-order valence-corrected chi connectivity index (χ4v) is 6.81. The molecule has 60 heavy (non-hydrogen) atoms. The molecule has 0 saturated heterocycles. The van der Waals surface area contributed by atoms with Crippen LogP contribution in [-0.4, -0.2) is 61.4 Å². The Morgan fingerprint density at radius 1 is 0.400 bits per heavy atom. The molecule has 0 unspecified atom stereocenters. The van der Waals surface area contributed by atoms with Crippen LogP contribution in [0.1, 0.15) is 35.8 Å². The van der Waals surface area contributed by atoms with E-state index >= 15 is 0 Å². The monoisotopic (exact) mass is 792 g/mol. The molecular weight excluding hydrogens is 753 g/mol. The zero-order valence-electron chi connectivity index (χ0n) is 30.5. The van der Waals surface area contributed by atoms with Crippen LogP contribution in [0.2, 0.25) is 0 Å². The Kier molecular flexibility index (Phi) is 11.2. The highest BCUT2D eigenvalue weighted by atomic mass is 16.2. The molecule has 11 aromatic rings. The van der Waals surface area contributed by atoms with Crippen LogP contribution in [0, 0.1) is 0 Å². The molecule has 9 aromatic heterocycles. The Labute approximate surface area is 343 Å². The van der Waals surface area contributed by atoms with E-state index in [-0.39, 0.29) is 14.9 Å². The number of carbonyl (C=O) groups excluding carboxylic acids is 2. The minimum Gasteiger partial charge on any atom is -0.396 e. The van der Waals surface area contributed by atoms with Crippen molar-refractivity contribution in [3.05, 3.63) is 158 Å². The van der Waals surface area contributed by atoms with E-state index < -0.39 is 11.6 Å². The largest absolute Gasteiger partial charge is 0.396 e. The summed E-state index contributed by atoms with van der Waals surface area (Å²) >= 11 is 0. The number of Topliss-reactive ketones (excluding diaryl/α,β-unsaturated/α-hetero) is 2. The van der Waals surface area contributed by atoms with Crippen LogP contribution < -0.4 is 11.5 Å². The molecule has 0 radical (unpaired) electrons. The van der Waals surface area contributed by atoms with Gasteiger partial charge in [-0.25, -0.2) is 9.97 Å². The van der Waals surface area contributed by atoms with Gasteiger partial charge in [0.15, 0.2) is 0 Å². The van der Waals surface area contributed by atoms with E-state index in [0.717, 1.165) is 77.4 Å². The smallest absolute Gasteiger partial charge is 0.251 e. The first kappa shape index (κ1) is 39.7. The molecule has 0 spiro atoms. The first-order valence-electron chi connectivity index (χ1n) is 18.1. The number of rotatable bonds is 5. The minimum atomic E-state index is -0.530. The van der Waals surface area contributed by atoms with Crippen molar-refractivity contribution in [1.82, 2.24) is 49.8 Å². The van der Waals surface area contributed by atoms with Crippen LogP contribution in [0.4, 0.5) is 11.4 Å². The molecule has 9 heterocycles. The molecule has 8 N–H and O–H groups in total. The zero-order chi connectivity index (χ0) is 39.6. The van der Waals surface area contributed by atoms with Crippen molar-refractivity contribution in [3.8, 4) is 22.8 Å². The number of ketones is 2. The van der Waals surface area contributed by atoms with Gasteiger partial charge in [0.2, 0.25) is 0 Å². The SMILES string of the molecule is C.C.Nc1c(N)c2cccnc2c2ncccc12.O=C(C(=O)c1ccc[nH]1)c1ccc[nH]1.c1c[nH]c(-c2nc3c4cccnc4c4ncccc4c3nc2-c2ccc[nH]2)c1. The summed E-state index contributed by atoms with van der Waals surface area (Å²) in [6.07, 6.45) is 14.0. The van der Waals surface area contributed by atoms with Gasteiger partial charge in [0.05, 0.1) is 67.3 Å². The third kappa shape index (κ3) is 7.16. The van der Waals surface area contributed by atoms with Crippen molar-refractivity contribution < 1.29 is 9.59 Å². The minimum absolute atomic E-state index is 0. The molecule has 0 saturated carbocycles. The first-order chi connectivity index (χ1) is 28.5. The summed E-state index contributed by atoms with van der Waals surface area (Å²) in [5, 5.41) is 3.60. The lowest BCUT2D eigenvalue weighted by molar-refractivity contribution is 0.0812. The molecule has 0 aliphatic carbocycles. The van der Waals surface area contributed by atoms with Gasteiger partial charge in [-0.15, -0.1) is 0 Å². The Morgan fingerprint density at radius 2 is 0.733 bits per heavy atom. The van der Waals surface area contributed by atoms with Crippen molar-refractivity contribution in [2.24, 2.45) is 0 Å². The predicted molar refractivity (Wildman–Crippen MR) is 239 cm³/mol. The van der Waals surface area contributed by atoms with Gasteiger partial charge in [-0.1, -0.05) is 14.9 Å². The van der Waals surface area contributed by atoms with Crippen LogP contribution in [-0.2, 0) is 0 Å². The number of aromatic amines is 4. The molecule has 0 atom stereocenters. The second-order valence-corrected chi connectivity index (χ2v) is 13.0. The van der Waals surface area contributed by atoms with E-state index in [1.165, 1.54) is 0 Å². The van der Waals surface area contributed by atoms with Crippen LogP contribution >= 0.6 is 0 Å². The predicted octanol–water partition coefficient (Wildman–Crippen LogP) is 9.34. The summed E-state index contributed by atoms with van der Waals surface area (Å²) < 4.78 is 0. The summed E-state index contributed by atoms with van der Waals surface area (Å²) in [7, 11) is 0. The summed E-state index contributed by atoms with van der Waals surface area (Å²) in [6.45, 7) is 0. The summed E-state index contributed by atoms with van der Waals surface area (Å²) in [5.74, 6) is -1.06. The van der Waals surface area contributed by atoms with Crippen molar-refractivity contribution in [1.29, 1.82) is 0 Å². The zero-order valence-corrected chi connectivity index (χ0v) is 30.5. The summed E-state index contributed by atoms with van der Waals surface area (Å²) in [4.78, 5) is 62.8. The fraction of sp³-hybridized carbons (Fsp3) is 0.0435. The Balaban J connectivity index is 0.000000146. The Morgan fingerprint density at radius 3 is 1.07 bits per heavy atom. The van der Waals surface area contributed by atoms with Crippen molar-refractivity contribution in [2.75, 3.05) is 11.5 Å². The lowest BCUT2D eigenvalue weighted by Gasteiger charge is -2.12. The molecule has 14 nitrogen and oxygen atoms in total. The van der Waals surface area contributed by atoms with E-state index in [1.54, 1.807) is 61.4 Å². The molecule has 11 rings (SSSR count). The molecule has 0 aliphatic rings. The quantitative estimate of drug-likeness (QED) is 0.0318. The standard InChI is InChI=1S/C22H14N6.C12H10N4.C10H8N2O2.2CH4/c1-5-13-17(25-11-1)18-14(6-2-12-26-18)20-19(13)27-21(15-7-3-9-23-15)22(28-20)16-8-4-10-24-16;13-9-7-3-1-5-15-11(7)12-8(10(9)14)4-2-6-16-12;13-9(7-3-1-5-11-7)10(14)8-4-2-6-12-8;;/h1-12,23-24H;1-6H,13-14H2;1-6,11-12H;2*1H4. The molecule has 2 aromatic carbocycles. The molecular formula is C46H40N12O2. The van der Waals surface area contributed by atoms with Crippen molar-refractivity contribution in [2.45, 2.75) is 14.9 Å². The van der Waals surface area contributed by atoms with E-state index in [2.05, 4.69) is 39.9 Å². The van der Waals surface area contributed by atoms with Crippen LogP contribution in [0.5, 0.6) is 0 Å². The van der Waals surface area contributed by atoms with Gasteiger partial charge in [-0.2, -0.15) is 0 Å². The highest BCUT2D eigenvalue weighted by molar-refractivity contribution is 6.48. The normalized spacial score (nSPS) is 10.7. The van der Waals surface area contributed by atoms with Crippen molar-refractivity contribution >= 4 is 77.6 Å². The number of benzene rings is 2. The number of hydrogen-bond donors (Lipinski definition) is 6. The fourth-order valence-electron chi connectivity index (χ4n) is 6.81. The Hall–Kier alpha value is -8.52. The molecule has 0 aliphatic heterocycles. The third-order valence-corrected chi connectivity index (χ3v) is 9.55. The lowest BCUT2D eigenvalue weighted by Crippen LogP contribution is -2.14. The number of hydrogen-bond acceptors (Lipinski definition) is 10. The van der Waals surface area contributed by atoms with E-state index in [1.807, 2.05) is 85.2 Å². The van der Waals surface area contributed by atoms with Gasteiger partial charge in [0.25, 0.3) is 11.6 Å². The number of nitrogens with two attached hydrogens (primary N) is 2. The van der Waals surface area contributed by atoms with Gasteiger partial charge in [0.1, 0.15) is 11.4 Å². The van der Waals surface area contributed by atoms with Gasteiger partial charge < -0.3 is 31.4 Å². The van der Waals surface area contributed by atoms with E-state index in [4.69, 9.17) is 21.4 Å². The van der Waals surface area contributed by atoms with Crippen LogP contribution in [0.25, 0.3) is 77.4 Å². The molecule has 0 bridgehead atoms. The van der Waals surface area contributed by atoms with Crippen LogP contribution in [0.3, 0.4) is 0 Å². The average molecular weight is 793 g/mol. The maximum absolute atomic E-state index is 11.5. The maximum Gasteiger partial charge on any atom is 0.251 e. The number of pyridine rings is 4. The molecule has 0 amide bonds. The third-order valence-electron chi connectivity index (χ3n) is 9.55. The van der Waals surface area contributed by atoms with E-state index in [9.17, 15) is 9.59 Å². The summed E-state index contributed by atoms with van der Waals surface area (Å²) in [5.41, 5.74) is 22.1. The van der Waals surface area contributed by atoms with Gasteiger partial charge in [-0.3, -0.25) is 29.5 Å². The van der Waals surface area contributed by atoms with E-state index in [0.29, 0.717) is 22.8 Å². The molecule has 296 valence electrons. The number of fused-ring (bicyclic) bond motifs is 9. The van der Waals surface area contributed by atoms with Gasteiger partial charge >= 0.3 is 0 Å². The first-order valence-corrected chi connectivity index (χ1v) is 18.1. The number of anilines is 2. The van der Waals surface area contributed by atoms with Gasteiger partial charge in [0, 0.05) is 71.1 Å². The highest BCUT2D eigenvalue weighted by Crippen LogP contribution is 2.36. The van der Waals surface area contributed by atoms with Crippen LogP contribution in [0.15, 0.2) is 147 Å². The topological polar surface area (TPSA) is 227 Å². The number of nitrogens with zero attached hydrogens (tertiary/aromatic N) is 6. The number of aromatic nitrogens is 10. The number of nitrogen functional groups attached to an aromatic ring is 2. The second kappa shape index (κ2) is 16.9. The number of H-pyrrole nitrogens is 4. The summed E-state index contributed by atoms with van der Waals surface area (Å²) in [6, 6.07) is 29.8. The number of nitrogens with one attached hydrogen (secondary N) is 4. The number of carbonyl (C=O) groups is 2. The highest BCUT2D eigenvalue weighted by Gasteiger charge is 2.20. The van der Waals surface area contributed by atoms with Gasteiger partial charge in [-0.05, 0) is 97.1 Å². The average Bonchev–Trinajstić information content (AvgIpc) is 4.14. The second-order valence-electron chi connectivity index (χ2n) is 13.0. The lowest BCUT2D eigenvalue weighted by atomic mass is 10.1. The molecule has 14 heteroatoms. The maximum atomic E-state index is 11.5. The molecule has 0 fully saturated rings. The Bertz CT molecular complexity index is 3010. The van der Waals surface area contributed by atoms with Crippen molar-refractivity contribution in [3.63, 3.8) is 0 Å².